The average Bonchev–Trinajstić information content (AvgIpc) is 2.49. The minimum Gasteiger partial charge on any atom is -0.456 e. The van der Waals surface area contributed by atoms with Gasteiger partial charge in [0, 0.05) is 23.0 Å². The summed E-state index contributed by atoms with van der Waals surface area (Å²) in [6.07, 6.45) is 0.0282. The Hall–Kier alpha value is -1.69. The van der Waals surface area contributed by atoms with Crippen LogP contribution in [-0.4, -0.2) is 30.8 Å². The molecule has 5 nitrogen and oxygen atoms in total. The number of Topliss-reactive ketones (excluding diaryl/α,β-unsaturated/α-hetero) is 1. The maximum atomic E-state index is 11.9. The predicted molar refractivity (Wildman–Crippen MR) is 86.5 cm³/mol. The van der Waals surface area contributed by atoms with Crippen LogP contribution in [0.5, 0.6) is 0 Å². The summed E-state index contributed by atoms with van der Waals surface area (Å²) in [4.78, 5) is 34.8. The van der Waals surface area contributed by atoms with Crippen molar-refractivity contribution in [2.24, 2.45) is 5.92 Å². The fourth-order valence-electron chi connectivity index (χ4n) is 1.58. The number of ether oxygens (including phenoxy) is 1. The molecule has 1 rings (SSSR count). The van der Waals surface area contributed by atoms with Crippen LogP contribution in [0.2, 0.25) is 0 Å². The standard InChI is InChI=1S/C16H20BrNO4/c1-11(2)9-18-15(20)10-22-16(21)8-7-14(19)12-3-5-13(17)6-4-12/h3-6,11H,7-10H2,1-2H3,(H,18,20). The van der Waals surface area contributed by atoms with E-state index >= 15 is 0 Å². The van der Waals surface area contributed by atoms with Gasteiger partial charge in [0.1, 0.15) is 0 Å². The van der Waals surface area contributed by atoms with Gasteiger partial charge in [-0.3, -0.25) is 14.4 Å². The third kappa shape index (κ3) is 7.36. The summed E-state index contributed by atoms with van der Waals surface area (Å²) in [6.45, 7) is 4.18. The normalized spacial score (nSPS) is 10.4. The first-order valence-corrected chi connectivity index (χ1v) is 7.89. The van der Waals surface area contributed by atoms with Gasteiger partial charge < -0.3 is 10.1 Å². The van der Waals surface area contributed by atoms with E-state index in [-0.39, 0.29) is 31.1 Å². The Bertz CT molecular complexity index is 525. The summed E-state index contributed by atoms with van der Waals surface area (Å²) in [7, 11) is 0. The molecule has 1 aromatic carbocycles. The van der Waals surface area contributed by atoms with E-state index in [0.717, 1.165) is 4.47 Å². The minimum atomic E-state index is -0.551. The first-order chi connectivity index (χ1) is 10.4. The summed E-state index contributed by atoms with van der Waals surface area (Å²) in [6, 6.07) is 6.92. The number of hydrogen-bond acceptors (Lipinski definition) is 4. The average molecular weight is 370 g/mol. The topological polar surface area (TPSA) is 72.5 Å². The molecule has 0 atom stereocenters. The van der Waals surface area contributed by atoms with Gasteiger partial charge >= 0.3 is 5.97 Å². The number of halogens is 1. The van der Waals surface area contributed by atoms with Crippen molar-refractivity contribution in [3.05, 3.63) is 34.3 Å². The van der Waals surface area contributed by atoms with Crippen molar-refractivity contribution in [2.75, 3.05) is 13.2 Å². The summed E-state index contributed by atoms with van der Waals surface area (Å²) in [5.41, 5.74) is 0.547. The highest BCUT2D eigenvalue weighted by atomic mass is 79.9. The van der Waals surface area contributed by atoms with E-state index in [1.165, 1.54) is 0 Å². The van der Waals surface area contributed by atoms with Crippen LogP contribution in [0.3, 0.4) is 0 Å². The van der Waals surface area contributed by atoms with Gasteiger partial charge in [-0.05, 0) is 18.1 Å². The number of amides is 1. The third-order valence-electron chi connectivity index (χ3n) is 2.79. The van der Waals surface area contributed by atoms with Crippen molar-refractivity contribution in [3.8, 4) is 0 Å². The molecule has 0 heterocycles. The zero-order valence-electron chi connectivity index (χ0n) is 12.7. The lowest BCUT2D eigenvalue weighted by atomic mass is 10.1. The van der Waals surface area contributed by atoms with Gasteiger partial charge in [0.25, 0.3) is 5.91 Å². The highest BCUT2D eigenvalue weighted by molar-refractivity contribution is 9.10. The van der Waals surface area contributed by atoms with Crippen LogP contribution in [0.15, 0.2) is 28.7 Å². The molecule has 22 heavy (non-hydrogen) atoms. The van der Waals surface area contributed by atoms with Gasteiger partial charge in [0.15, 0.2) is 12.4 Å². The molecule has 0 aliphatic rings. The van der Waals surface area contributed by atoms with Crippen molar-refractivity contribution >= 4 is 33.6 Å². The van der Waals surface area contributed by atoms with Crippen molar-refractivity contribution in [2.45, 2.75) is 26.7 Å². The summed E-state index contributed by atoms with van der Waals surface area (Å²) < 4.78 is 5.72. The maximum Gasteiger partial charge on any atom is 0.306 e. The number of nitrogens with one attached hydrogen (secondary N) is 1. The number of hydrogen-bond donors (Lipinski definition) is 1. The zero-order chi connectivity index (χ0) is 16.5. The summed E-state index contributed by atoms with van der Waals surface area (Å²) in [5.74, 6) is -0.677. The summed E-state index contributed by atoms with van der Waals surface area (Å²) >= 11 is 3.29. The first-order valence-electron chi connectivity index (χ1n) is 7.09. The van der Waals surface area contributed by atoms with Crippen LogP contribution >= 0.6 is 15.9 Å². The molecule has 0 aliphatic heterocycles. The van der Waals surface area contributed by atoms with E-state index in [4.69, 9.17) is 4.74 Å². The fraction of sp³-hybridized carbons (Fsp3) is 0.438. The molecule has 0 fully saturated rings. The number of ketones is 1. The molecule has 1 amide bonds. The van der Waals surface area contributed by atoms with Gasteiger partial charge in [-0.1, -0.05) is 41.9 Å². The molecule has 6 heteroatoms. The lowest BCUT2D eigenvalue weighted by Gasteiger charge is -2.08. The van der Waals surface area contributed by atoms with Crippen LogP contribution in [0.1, 0.15) is 37.0 Å². The molecule has 0 saturated carbocycles. The van der Waals surface area contributed by atoms with E-state index in [9.17, 15) is 14.4 Å². The van der Waals surface area contributed by atoms with Crippen LogP contribution in [0.25, 0.3) is 0 Å². The molecule has 0 aliphatic carbocycles. The van der Waals surface area contributed by atoms with Crippen LogP contribution in [-0.2, 0) is 14.3 Å². The van der Waals surface area contributed by atoms with Crippen LogP contribution in [0, 0.1) is 5.92 Å². The van der Waals surface area contributed by atoms with Crippen molar-refractivity contribution in [3.63, 3.8) is 0 Å². The molecule has 0 saturated heterocycles. The molecule has 0 spiro atoms. The Morgan fingerprint density at radius 3 is 2.36 bits per heavy atom. The molecule has 1 aromatic rings. The number of esters is 1. The Morgan fingerprint density at radius 2 is 1.77 bits per heavy atom. The third-order valence-corrected chi connectivity index (χ3v) is 3.32. The number of carbonyl (C=O) groups excluding carboxylic acids is 3. The van der Waals surface area contributed by atoms with E-state index in [0.29, 0.717) is 18.0 Å². The molecule has 0 aromatic heterocycles. The molecule has 0 unspecified atom stereocenters. The molecule has 0 bridgehead atoms. The van der Waals surface area contributed by atoms with Gasteiger partial charge in [0.05, 0.1) is 6.42 Å². The first kappa shape index (κ1) is 18.4. The van der Waals surface area contributed by atoms with Crippen LogP contribution in [0.4, 0.5) is 0 Å². The molecular formula is C16H20BrNO4. The maximum absolute atomic E-state index is 11.9. The zero-order valence-corrected chi connectivity index (χ0v) is 14.3. The van der Waals surface area contributed by atoms with Crippen LogP contribution < -0.4 is 5.32 Å². The molecule has 1 N–H and O–H groups in total. The monoisotopic (exact) mass is 369 g/mol. The largest absolute Gasteiger partial charge is 0.456 e. The van der Waals surface area contributed by atoms with Crippen molar-refractivity contribution in [1.82, 2.24) is 5.32 Å². The smallest absolute Gasteiger partial charge is 0.306 e. The second-order valence-electron chi connectivity index (χ2n) is 5.29. The number of carbonyl (C=O) groups is 3. The van der Waals surface area contributed by atoms with Crippen molar-refractivity contribution < 1.29 is 19.1 Å². The number of rotatable bonds is 8. The summed E-state index contributed by atoms with van der Waals surface area (Å²) in [5, 5.41) is 2.65. The Labute approximate surface area is 138 Å². The van der Waals surface area contributed by atoms with E-state index < -0.39 is 5.97 Å². The molecular weight excluding hydrogens is 350 g/mol. The second-order valence-corrected chi connectivity index (χ2v) is 6.20. The molecule has 0 radical (unpaired) electrons. The van der Waals surface area contributed by atoms with Gasteiger partial charge in [-0.25, -0.2) is 0 Å². The highest BCUT2D eigenvalue weighted by Crippen LogP contribution is 2.12. The predicted octanol–water partition coefficient (Wildman–Crippen LogP) is 2.73. The fourth-order valence-corrected chi connectivity index (χ4v) is 1.85. The lowest BCUT2D eigenvalue weighted by molar-refractivity contribution is -0.148. The Kier molecular flexibility index (Phi) is 7.80. The molecule has 120 valence electrons. The van der Waals surface area contributed by atoms with E-state index in [1.54, 1.807) is 24.3 Å². The highest BCUT2D eigenvalue weighted by Gasteiger charge is 2.12. The lowest BCUT2D eigenvalue weighted by Crippen LogP contribution is -2.31. The second kappa shape index (κ2) is 9.35. The Morgan fingerprint density at radius 1 is 1.14 bits per heavy atom. The Balaban J connectivity index is 2.26. The quantitative estimate of drug-likeness (QED) is 0.564. The SMILES string of the molecule is CC(C)CNC(=O)COC(=O)CCC(=O)c1ccc(Br)cc1. The van der Waals surface area contributed by atoms with E-state index in [1.807, 2.05) is 13.8 Å². The van der Waals surface area contributed by atoms with Gasteiger partial charge in [0.2, 0.25) is 0 Å². The number of benzene rings is 1. The van der Waals surface area contributed by atoms with Crippen molar-refractivity contribution in [1.29, 1.82) is 0 Å². The van der Waals surface area contributed by atoms with E-state index in [2.05, 4.69) is 21.2 Å². The van der Waals surface area contributed by atoms with Gasteiger partial charge in [-0.15, -0.1) is 0 Å². The minimum absolute atomic E-state index is 0.0354. The van der Waals surface area contributed by atoms with Gasteiger partial charge in [-0.2, -0.15) is 0 Å².